The summed E-state index contributed by atoms with van der Waals surface area (Å²) in [6, 6.07) is 6.17. The monoisotopic (exact) mass is 389 g/mol. The molecule has 8 heteroatoms. The normalized spacial score (nSPS) is 29.1. The smallest absolute Gasteiger partial charge is 0.241 e. The van der Waals surface area contributed by atoms with Gasteiger partial charge in [-0.25, -0.2) is 9.29 Å². The SMILES string of the molecule is Cc1cc(N2C(=O)[C@@H]3[C@H](C2=O)[C@@H]2CC[C@@H]3O2)nn1Cc1c(F)cccc1Cl. The van der Waals surface area contributed by atoms with E-state index in [0.717, 1.165) is 12.8 Å². The van der Waals surface area contributed by atoms with Gasteiger partial charge in [0.1, 0.15) is 5.82 Å². The molecule has 0 aliphatic carbocycles. The van der Waals surface area contributed by atoms with E-state index in [-0.39, 0.29) is 36.4 Å². The van der Waals surface area contributed by atoms with Gasteiger partial charge in [-0.15, -0.1) is 0 Å². The van der Waals surface area contributed by atoms with Gasteiger partial charge in [0.25, 0.3) is 0 Å². The summed E-state index contributed by atoms with van der Waals surface area (Å²) < 4.78 is 21.4. The number of fused-ring (bicyclic) bond motifs is 5. The first-order chi connectivity index (χ1) is 13.0. The maximum absolute atomic E-state index is 14.1. The highest BCUT2D eigenvalue weighted by Crippen LogP contribution is 2.49. The Morgan fingerprint density at radius 3 is 2.52 bits per heavy atom. The molecule has 6 nitrogen and oxygen atoms in total. The molecular formula is C19H17ClFN3O3. The lowest BCUT2D eigenvalue weighted by Gasteiger charge is -2.15. The van der Waals surface area contributed by atoms with Crippen molar-refractivity contribution in [2.75, 3.05) is 4.90 Å². The zero-order valence-corrected chi connectivity index (χ0v) is 15.3. The summed E-state index contributed by atoms with van der Waals surface area (Å²) in [5.74, 6) is -1.43. The minimum atomic E-state index is -0.421. The van der Waals surface area contributed by atoms with E-state index in [4.69, 9.17) is 16.3 Å². The quantitative estimate of drug-likeness (QED) is 0.757. The van der Waals surface area contributed by atoms with Crippen molar-refractivity contribution in [2.45, 2.75) is 38.5 Å². The van der Waals surface area contributed by atoms with E-state index >= 15 is 0 Å². The lowest BCUT2D eigenvalue weighted by molar-refractivity contribution is -0.124. The first-order valence-corrected chi connectivity index (χ1v) is 9.34. The van der Waals surface area contributed by atoms with Gasteiger partial charge in [0.2, 0.25) is 11.8 Å². The molecule has 0 unspecified atom stereocenters. The largest absolute Gasteiger partial charge is 0.373 e. The van der Waals surface area contributed by atoms with Gasteiger partial charge < -0.3 is 4.74 Å². The van der Waals surface area contributed by atoms with Crippen LogP contribution in [0.4, 0.5) is 10.2 Å². The van der Waals surface area contributed by atoms with Gasteiger partial charge in [0, 0.05) is 22.3 Å². The number of carbonyl (C=O) groups is 2. The van der Waals surface area contributed by atoms with E-state index in [1.807, 2.05) is 0 Å². The number of hydrogen-bond acceptors (Lipinski definition) is 4. The van der Waals surface area contributed by atoms with Crippen LogP contribution in [0.3, 0.4) is 0 Å². The fraction of sp³-hybridized carbons (Fsp3) is 0.421. The Morgan fingerprint density at radius 1 is 1.22 bits per heavy atom. The van der Waals surface area contributed by atoms with Crippen molar-refractivity contribution in [3.63, 3.8) is 0 Å². The predicted octanol–water partition coefficient (Wildman–Crippen LogP) is 2.70. The zero-order chi connectivity index (χ0) is 18.9. The number of halogens is 2. The van der Waals surface area contributed by atoms with Crippen molar-refractivity contribution in [3.05, 3.63) is 46.4 Å². The third-order valence-corrected chi connectivity index (χ3v) is 6.21. The molecule has 4 heterocycles. The average Bonchev–Trinajstić information content (AvgIpc) is 3.36. The summed E-state index contributed by atoms with van der Waals surface area (Å²) in [5.41, 5.74) is 1.03. The number of hydrogen-bond donors (Lipinski definition) is 0. The first kappa shape index (κ1) is 16.9. The highest BCUT2D eigenvalue weighted by atomic mass is 35.5. The van der Waals surface area contributed by atoms with Gasteiger partial charge >= 0.3 is 0 Å². The molecule has 1 aromatic carbocycles. The van der Waals surface area contributed by atoms with Crippen molar-refractivity contribution in [1.82, 2.24) is 9.78 Å². The molecule has 0 spiro atoms. The Bertz CT molecular complexity index is 927. The predicted molar refractivity (Wildman–Crippen MR) is 94.8 cm³/mol. The second kappa shape index (κ2) is 5.87. The van der Waals surface area contributed by atoms with Crippen molar-refractivity contribution in [1.29, 1.82) is 0 Å². The maximum atomic E-state index is 14.1. The Morgan fingerprint density at radius 2 is 1.89 bits per heavy atom. The number of anilines is 1. The minimum absolute atomic E-state index is 0.120. The van der Waals surface area contributed by atoms with E-state index < -0.39 is 17.7 Å². The number of aromatic nitrogens is 2. The van der Waals surface area contributed by atoms with Crippen LogP contribution < -0.4 is 4.90 Å². The van der Waals surface area contributed by atoms with Crippen molar-refractivity contribution in [3.8, 4) is 0 Å². The standard InChI is InChI=1S/C19H17ClFN3O3/c1-9-7-15(22-23(9)8-10-11(20)3-2-4-12(10)21)24-18(25)16-13-5-6-14(27-13)17(16)19(24)26/h2-4,7,13-14,16-17H,5-6,8H2,1H3/t13-,14-,16-,17+/m0/s1. The summed E-state index contributed by atoms with van der Waals surface area (Å²) in [5, 5.41) is 4.71. The molecule has 2 aromatic rings. The van der Waals surface area contributed by atoms with Gasteiger partial charge in [-0.05, 0) is 31.9 Å². The van der Waals surface area contributed by atoms with Crippen LogP contribution in [-0.4, -0.2) is 33.8 Å². The number of aryl methyl sites for hydroxylation is 1. The van der Waals surface area contributed by atoms with E-state index in [0.29, 0.717) is 16.3 Å². The lowest BCUT2D eigenvalue weighted by Crippen LogP contribution is -2.34. The second-order valence-corrected chi connectivity index (χ2v) is 7.76. The van der Waals surface area contributed by atoms with Gasteiger partial charge in [-0.2, -0.15) is 5.10 Å². The average molecular weight is 390 g/mol. The summed E-state index contributed by atoms with van der Waals surface area (Å²) in [6.45, 7) is 1.92. The molecule has 3 aliphatic heterocycles. The third kappa shape index (κ3) is 2.38. The number of amides is 2. The highest BCUT2D eigenvalue weighted by Gasteiger charge is 2.63. The van der Waals surface area contributed by atoms with Gasteiger partial charge in [-0.3, -0.25) is 14.3 Å². The van der Waals surface area contributed by atoms with Crippen LogP contribution in [0.15, 0.2) is 24.3 Å². The van der Waals surface area contributed by atoms with Crippen LogP contribution in [0.5, 0.6) is 0 Å². The molecule has 1 aromatic heterocycles. The molecule has 0 saturated carbocycles. The Kier molecular flexibility index (Phi) is 3.67. The number of rotatable bonds is 3. The second-order valence-electron chi connectivity index (χ2n) is 7.36. The van der Waals surface area contributed by atoms with Crippen LogP contribution in [0.1, 0.15) is 24.1 Å². The molecule has 27 heavy (non-hydrogen) atoms. The zero-order valence-electron chi connectivity index (χ0n) is 14.6. The molecule has 3 aliphatic rings. The first-order valence-electron chi connectivity index (χ1n) is 8.96. The number of carbonyl (C=O) groups excluding carboxylic acids is 2. The molecule has 5 rings (SSSR count). The van der Waals surface area contributed by atoms with E-state index in [1.165, 1.54) is 11.0 Å². The van der Waals surface area contributed by atoms with Crippen LogP contribution >= 0.6 is 11.6 Å². The molecule has 140 valence electrons. The van der Waals surface area contributed by atoms with E-state index in [1.54, 1.807) is 29.8 Å². The topological polar surface area (TPSA) is 64.4 Å². The molecule has 0 N–H and O–H groups in total. The van der Waals surface area contributed by atoms with E-state index in [2.05, 4.69) is 5.10 Å². The Labute approximate surface area is 159 Å². The number of benzene rings is 1. The molecule has 3 fully saturated rings. The van der Waals surface area contributed by atoms with Crippen LogP contribution in [0, 0.1) is 24.6 Å². The van der Waals surface area contributed by atoms with Gasteiger partial charge in [0.15, 0.2) is 5.82 Å². The van der Waals surface area contributed by atoms with Crippen molar-refractivity contribution >= 4 is 29.2 Å². The molecule has 2 bridgehead atoms. The Hall–Kier alpha value is -2.25. The van der Waals surface area contributed by atoms with Gasteiger partial charge in [0.05, 0.1) is 30.6 Å². The van der Waals surface area contributed by atoms with Gasteiger partial charge in [-0.1, -0.05) is 17.7 Å². The fourth-order valence-electron chi connectivity index (χ4n) is 4.53. The lowest BCUT2D eigenvalue weighted by atomic mass is 9.81. The maximum Gasteiger partial charge on any atom is 0.241 e. The molecule has 4 atom stereocenters. The van der Waals surface area contributed by atoms with Crippen molar-refractivity contribution in [2.24, 2.45) is 11.8 Å². The molecule has 3 saturated heterocycles. The molecular weight excluding hydrogens is 373 g/mol. The Balaban J connectivity index is 1.47. The van der Waals surface area contributed by atoms with Crippen LogP contribution in [0.25, 0.3) is 0 Å². The highest BCUT2D eigenvalue weighted by molar-refractivity contribution is 6.31. The third-order valence-electron chi connectivity index (χ3n) is 5.85. The minimum Gasteiger partial charge on any atom is -0.373 e. The summed E-state index contributed by atoms with van der Waals surface area (Å²) in [4.78, 5) is 26.9. The number of nitrogens with zero attached hydrogens (tertiary/aromatic N) is 3. The van der Waals surface area contributed by atoms with E-state index in [9.17, 15) is 14.0 Å². The van der Waals surface area contributed by atoms with Crippen LogP contribution in [0.2, 0.25) is 5.02 Å². The number of imide groups is 1. The summed E-state index contributed by atoms with van der Waals surface area (Å²) in [6.07, 6.45) is 1.30. The molecule has 0 radical (unpaired) electrons. The fourth-order valence-corrected chi connectivity index (χ4v) is 4.76. The molecule has 2 amide bonds. The number of ether oxygens (including phenoxy) is 1. The summed E-state index contributed by atoms with van der Waals surface area (Å²) >= 11 is 6.10. The van der Waals surface area contributed by atoms with Crippen molar-refractivity contribution < 1.29 is 18.7 Å². The van der Waals surface area contributed by atoms with Crippen LogP contribution in [-0.2, 0) is 20.9 Å². The summed E-state index contributed by atoms with van der Waals surface area (Å²) in [7, 11) is 0.